The molecule has 0 radical (unpaired) electrons. The van der Waals surface area contributed by atoms with Crippen LogP contribution in [0, 0.1) is 4.77 Å². The highest BCUT2D eigenvalue weighted by Gasteiger charge is 2.07. The monoisotopic (exact) mass is 260 g/mol. The van der Waals surface area contributed by atoms with Crippen LogP contribution in [0.3, 0.4) is 0 Å². The third-order valence-electron chi connectivity index (χ3n) is 2.52. The Labute approximate surface area is 106 Å². The van der Waals surface area contributed by atoms with E-state index in [1.807, 2.05) is 41.8 Å². The molecule has 84 valence electrons. The van der Waals surface area contributed by atoms with Crippen molar-refractivity contribution >= 4 is 33.8 Å². The van der Waals surface area contributed by atoms with E-state index in [1.54, 1.807) is 0 Å². The molecule has 0 aliphatic rings. The molecular weight excluding hydrogens is 252 g/mol. The molecule has 0 amide bonds. The summed E-state index contributed by atoms with van der Waals surface area (Å²) in [6, 6.07) is 11.3. The number of aromatic nitrogens is 2. The minimum atomic E-state index is -0.0649. The van der Waals surface area contributed by atoms with Gasteiger partial charge in [0.15, 0.2) is 4.77 Å². The first kappa shape index (κ1) is 10.4. The molecule has 0 saturated heterocycles. The van der Waals surface area contributed by atoms with Crippen LogP contribution in [0.4, 0.5) is 0 Å². The third-order valence-corrected chi connectivity index (χ3v) is 3.71. The predicted octanol–water partition coefficient (Wildman–Crippen LogP) is 3.11. The van der Waals surface area contributed by atoms with Gasteiger partial charge in [0.05, 0.1) is 11.2 Å². The van der Waals surface area contributed by atoms with Crippen LogP contribution in [-0.2, 0) is 0 Å². The quantitative estimate of drug-likeness (QED) is 0.683. The maximum Gasteiger partial charge on any atom is 0.276 e. The highest BCUT2D eigenvalue weighted by molar-refractivity contribution is 7.71. The van der Waals surface area contributed by atoms with E-state index < -0.39 is 0 Å². The molecule has 0 fully saturated rings. The maximum absolute atomic E-state index is 12.3. The second-order valence-corrected chi connectivity index (χ2v) is 4.87. The van der Waals surface area contributed by atoms with E-state index in [0.717, 1.165) is 11.2 Å². The SMILES string of the molecule is O=c1c2sccc2[nH]c(=S)n1-c1ccccc1. The van der Waals surface area contributed by atoms with Crippen molar-refractivity contribution in [3.8, 4) is 5.69 Å². The van der Waals surface area contributed by atoms with Crippen molar-refractivity contribution in [3.63, 3.8) is 0 Å². The summed E-state index contributed by atoms with van der Waals surface area (Å²) >= 11 is 6.65. The largest absolute Gasteiger partial charge is 0.331 e. The Balaban J connectivity index is 2.45. The lowest BCUT2D eigenvalue weighted by molar-refractivity contribution is 0.944. The highest BCUT2D eigenvalue weighted by atomic mass is 32.1. The summed E-state index contributed by atoms with van der Waals surface area (Å²) in [6.45, 7) is 0. The second-order valence-electron chi connectivity index (χ2n) is 3.57. The summed E-state index contributed by atoms with van der Waals surface area (Å²) in [4.78, 5) is 15.4. The van der Waals surface area contributed by atoms with Crippen LogP contribution < -0.4 is 5.56 Å². The first-order valence-electron chi connectivity index (χ1n) is 5.05. The maximum atomic E-state index is 12.3. The molecular formula is C12H8N2OS2. The van der Waals surface area contributed by atoms with Gasteiger partial charge in [-0.25, -0.2) is 0 Å². The van der Waals surface area contributed by atoms with E-state index in [1.165, 1.54) is 15.9 Å². The molecule has 0 atom stereocenters. The number of fused-ring (bicyclic) bond motifs is 1. The molecule has 0 bridgehead atoms. The van der Waals surface area contributed by atoms with Crippen molar-refractivity contribution in [2.75, 3.05) is 0 Å². The molecule has 0 aliphatic carbocycles. The van der Waals surface area contributed by atoms with E-state index in [9.17, 15) is 4.79 Å². The molecule has 3 aromatic rings. The topological polar surface area (TPSA) is 37.8 Å². The van der Waals surface area contributed by atoms with Gasteiger partial charge >= 0.3 is 0 Å². The molecule has 3 nitrogen and oxygen atoms in total. The summed E-state index contributed by atoms with van der Waals surface area (Å²) in [5, 5.41) is 1.88. The number of benzene rings is 1. The number of hydrogen-bond acceptors (Lipinski definition) is 3. The Kier molecular flexibility index (Phi) is 2.42. The Hall–Kier alpha value is -1.72. The second kappa shape index (κ2) is 3.94. The van der Waals surface area contributed by atoms with Crippen molar-refractivity contribution in [1.29, 1.82) is 0 Å². The van der Waals surface area contributed by atoms with Gasteiger partial charge < -0.3 is 4.98 Å². The molecule has 2 aromatic heterocycles. The van der Waals surface area contributed by atoms with Gasteiger partial charge in [0.1, 0.15) is 4.70 Å². The number of hydrogen-bond donors (Lipinski definition) is 1. The van der Waals surface area contributed by atoms with Gasteiger partial charge in [0, 0.05) is 0 Å². The molecule has 0 unspecified atom stereocenters. The van der Waals surface area contributed by atoms with Gasteiger partial charge in [0.2, 0.25) is 0 Å². The summed E-state index contributed by atoms with van der Waals surface area (Å²) in [5.74, 6) is 0. The Morgan fingerprint density at radius 3 is 2.71 bits per heavy atom. The Morgan fingerprint density at radius 2 is 1.94 bits per heavy atom. The first-order chi connectivity index (χ1) is 8.27. The average Bonchev–Trinajstić information content (AvgIpc) is 2.78. The average molecular weight is 260 g/mol. The van der Waals surface area contributed by atoms with E-state index in [-0.39, 0.29) is 5.56 Å². The lowest BCUT2D eigenvalue weighted by Gasteiger charge is -2.05. The summed E-state index contributed by atoms with van der Waals surface area (Å²) in [7, 11) is 0. The van der Waals surface area contributed by atoms with Crippen LogP contribution in [0.25, 0.3) is 15.9 Å². The lowest BCUT2D eigenvalue weighted by atomic mass is 10.3. The summed E-state index contributed by atoms with van der Waals surface area (Å²) < 4.78 is 2.64. The smallest absolute Gasteiger partial charge is 0.276 e. The minimum absolute atomic E-state index is 0.0649. The molecule has 17 heavy (non-hydrogen) atoms. The highest BCUT2D eigenvalue weighted by Crippen LogP contribution is 2.15. The third kappa shape index (κ3) is 1.64. The van der Waals surface area contributed by atoms with Crippen molar-refractivity contribution in [3.05, 3.63) is 56.9 Å². The Bertz CT molecular complexity index is 783. The van der Waals surface area contributed by atoms with Gasteiger partial charge in [-0.2, -0.15) is 0 Å². The van der Waals surface area contributed by atoms with Crippen LogP contribution in [0.1, 0.15) is 0 Å². The molecule has 0 spiro atoms. The normalized spacial score (nSPS) is 10.8. The van der Waals surface area contributed by atoms with Crippen LogP contribution in [0.15, 0.2) is 46.6 Å². The van der Waals surface area contributed by atoms with Gasteiger partial charge in [0.25, 0.3) is 5.56 Å². The van der Waals surface area contributed by atoms with Gasteiger partial charge in [-0.15, -0.1) is 11.3 Å². The van der Waals surface area contributed by atoms with Crippen molar-refractivity contribution in [2.45, 2.75) is 0 Å². The number of thiophene rings is 1. The molecule has 1 N–H and O–H groups in total. The van der Waals surface area contributed by atoms with Crippen LogP contribution >= 0.6 is 23.6 Å². The standard InChI is InChI=1S/C12H8N2OS2/c15-11-10-9(6-7-17-10)13-12(16)14(11)8-4-2-1-3-5-8/h1-7H,(H,13,16). The fourth-order valence-corrected chi connectivity index (χ4v) is 2.83. The fourth-order valence-electron chi connectivity index (χ4n) is 1.75. The fraction of sp³-hybridized carbons (Fsp3) is 0. The number of nitrogens with one attached hydrogen (secondary N) is 1. The zero-order valence-electron chi connectivity index (χ0n) is 8.71. The van der Waals surface area contributed by atoms with E-state index in [4.69, 9.17) is 12.2 Å². The zero-order chi connectivity index (χ0) is 11.8. The van der Waals surface area contributed by atoms with Crippen molar-refractivity contribution in [1.82, 2.24) is 9.55 Å². The number of H-pyrrole nitrogens is 1. The number of nitrogens with zero attached hydrogens (tertiary/aromatic N) is 1. The van der Waals surface area contributed by atoms with Gasteiger partial charge in [-0.3, -0.25) is 9.36 Å². The molecule has 2 heterocycles. The van der Waals surface area contributed by atoms with Crippen LogP contribution in [-0.4, -0.2) is 9.55 Å². The van der Waals surface area contributed by atoms with E-state index in [2.05, 4.69) is 4.98 Å². The van der Waals surface area contributed by atoms with Crippen molar-refractivity contribution in [2.24, 2.45) is 0 Å². The van der Waals surface area contributed by atoms with Gasteiger partial charge in [-0.1, -0.05) is 18.2 Å². The van der Waals surface area contributed by atoms with Crippen LogP contribution in [0.2, 0.25) is 0 Å². The zero-order valence-corrected chi connectivity index (χ0v) is 10.3. The first-order valence-corrected chi connectivity index (χ1v) is 6.34. The molecule has 5 heteroatoms. The number of aromatic amines is 1. The van der Waals surface area contributed by atoms with Crippen molar-refractivity contribution < 1.29 is 0 Å². The molecule has 0 saturated carbocycles. The van der Waals surface area contributed by atoms with Crippen LogP contribution in [0.5, 0.6) is 0 Å². The van der Waals surface area contributed by atoms with E-state index in [0.29, 0.717) is 9.47 Å². The van der Waals surface area contributed by atoms with E-state index >= 15 is 0 Å². The minimum Gasteiger partial charge on any atom is -0.331 e. The van der Waals surface area contributed by atoms with Gasteiger partial charge in [-0.05, 0) is 35.8 Å². The molecule has 1 aromatic carbocycles. The number of para-hydroxylation sites is 1. The molecule has 3 rings (SSSR count). The predicted molar refractivity (Wildman–Crippen MR) is 72.6 cm³/mol. The summed E-state index contributed by atoms with van der Waals surface area (Å²) in [6.07, 6.45) is 0. The molecule has 0 aliphatic heterocycles. The Morgan fingerprint density at radius 1 is 1.18 bits per heavy atom. The lowest BCUT2D eigenvalue weighted by Crippen LogP contribution is -2.19. The summed E-state index contributed by atoms with van der Waals surface area (Å²) in [5.41, 5.74) is 1.52. The number of rotatable bonds is 1.